The molecule has 4 aromatic rings. The van der Waals surface area contributed by atoms with Crippen molar-refractivity contribution in [1.82, 2.24) is 9.88 Å². The summed E-state index contributed by atoms with van der Waals surface area (Å²) in [6.45, 7) is 8.60. The molecule has 2 saturated heterocycles. The van der Waals surface area contributed by atoms with Gasteiger partial charge in [-0.3, -0.25) is 4.90 Å². The number of piperazine rings is 1. The van der Waals surface area contributed by atoms with Crippen LogP contribution in [-0.2, 0) is 11.2 Å². The second-order valence-corrected chi connectivity index (χ2v) is 10.5. The van der Waals surface area contributed by atoms with Crippen molar-refractivity contribution in [3.63, 3.8) is 0 Å². The van der Waals surface area contributed by atoms with Gasteiger partial charge >= 0.3 is 0 Å². The third-order valence-electron chi connectivity index (χ3n) is 7.65. The first-order valence-corrected chi connectivity index (χ1v) is 14.0. The number of rotatable bonds is 8. The summed E-state index contributed by atoms with van der Waals surface area (Å²) < 4.78 is 12.0. The molecule has 0 aliphatic carbocycles. The molecular formula is C31H35ClN4O2. The van der Waals surface area contributed by atoms with Crippen LogP contribution in [0.4, 0.5) is 11.4 Å². The van der Waals surface area contributed by atoms with E-state index in [-0.39, 0.29) is 0 Å². The number of ether oxygens (including phenoxy) is 2. The van der Waals surface area contributed by atoms with E-state index in [0.717, 1.165) is 93.9 Å². The van der Waals surface area contributed by atoms with E-state index < -0.39 is 0 Å². The molecule has 0 amide bonds. The second kappa shape index (κ2) is 11.7. The van der Waals surface area contributed by atoms with Crippen LogP contribution in [0.2, 0.25) is 5.02 Å². The molecule has 0 saturated carbocycles. The maximum Gasteiger partial charge on any atom is 0.150 e. The quantitative estimate of drug-likeness (QED) is 0.293. The molecule has 2 aliphatic rings. The van der Waals surface area contributed by atoms with Crippen molar-refractivity contribution in [2.45, 2.75) is 12.8 Å². The Labute approximate surface area is 229 Å². The number of benzene rings is 3. The van der Waals surface area contributed by atoms with Gasteiger partial charge in [0, 0.05) is 73.1 Å². The highest BCUT2D eigenvalue weighted by Gasteiger charge is 2.20. The number of nitrogens with one attached hydrogen (secondary N) is 1. The number of para-hydroxylation sites is 2. The highest BCUT2D eigenvalue weighted by Crippen LogP contribution is 2.34. The number of anilines is 2. The summed E-state index contributed by atoms with van der Waals surface area (Å²) in [6.07, 6.45) is 4.33. The average Bonchev–Trinajstić information content (AvgIpc) is 3.36. The Kier molecular flexibility index (Phi) is 7.72. The van der Waals surface area contributed by atoms with E-state index in [1.807, 2.05) is 12.1 Å². The van der Waals surface area contributed by atoms with Crippen LogP contribution in [0, 0.1) is 0 Å². The summed E-state index contributed by atoms with van der Waals surface area (Å²) in [5.41, 5.74) is 4.86. The maximum absolute atomic E-state index is 6.45. The molecule has 38 heavy (non-hydrogen) atoms. The Hall–Kier alpha value is -3.19. The number of fused-ring (bicyclic) bond motifs is 1. The lowest BCUT2D eigenvalue weighted by Gasteiger charge is -2.36. The Morgan fingerprint density at radius 1 is 0.842 bits per heavy atom. The number of hydrogen-bond donors (Lipinski definition) is 1. The zero-order valence-electron chi connectivity index (χ0n) is 21.7. The molecule has 7 heteroatoms. The van der Waals surface area contributed by atoms with Gasteiger partial charge in [0.25, 0.3) is 0 Å². The Morgan fingerprint density at radius 3 is 2.55 bits per heavy atom. The Morgan fingerprint density at radius 2 is 1.68 bits per heavy atom. The predicted molar refractivity (Wildman–Crippen MR) is 156 cm³/mol. The number of halogens is 1. The van der Waals surface area contributed by atoms with Crippen molar-refractivity contribution in [2.24, 2.45) is 0 Å². The van der Waals surface area contributed by atoms with E-state index in [4.69, 9.17) is 21.1 Å². The molecule has 1 N–H and O–H groups in total. The van der Waals surface area contributed by atoms with Gasteiger partial charge in [0.1, 0.15) is 5.75 Å². The molecule has 1 aromatic heterocycles. The van der Waals surface area contributed by atoms with E-state index >= 15 is 0 Å². The lowest BCUT2D eigenvalue weighted by atomic mass is 10.1. The van der Waals surface area contributed by atoms with Crippen molar-refractivity contribution < 1.29 is 9.47 Å². The molecule has 0 atom stereocenters. The number of hydrogen-bond acceptors (Lipinski definition) is 5. The molecule has 0 radical (unpaired) electrons. The van der Waals surface area contributed by atoms with E-state index in [1.54, 1.807) is 0 Å². The monoisotopic (exact) mass is 530 g/mol. The molecule has 0 unspecified atom stereocenters. The highest BCUT2D eigenvalue weighted by molar-refractivity contribution is 6.31. The van der Waals surface area contributed by atoms with Gasteiger partial charge < -0.3 is 24.3 Å². The van der Waals surface area contributed by atoms with Gasteiger partial charge in [-0.1, -0.05) is 29.8 Å². The van der Waals surface area contributed by atoms with Crippen LogP contribution < -0.4 is 14.5 Å². The van der Waals surface area contributed by atoms with Gasteiger partial charge in [-0.25, -0.2) is 0 Å². The average molecular weight is 531 g/mol. The topological polar surface area (TPSA) is 44.0 Å². The fourth-order valence-corrected chi connectivity index (χ4v) is 5.73. The molecule has 2 fully saturated rings. The normalized spacial score (nSPS) is 16.8. The SMILES string of the molecule is Clc1ccc2[nH]cc(CCCN3CCN(c4ccccc4Oc4cccc(N5CCOCC5)c4)CC3)c2c1. The van der Waals surface area contributed by atoms with E-state index in [2.05, 4.69) is 80.5 Å². The minimum atomic E-state index is 0.776. The van der Waals surface area contributed by atoms with E-state index in [1.165, 1.54) is 22.3 Å². The standard InChI is InChI=1S/C31H35ClN4O2/c32-25-10-11-29-28(21-25)24(23-33-29)5-4-12-34-13-15-36(16-14-34)30-8-1-2-9-31(30)38-27-7-3-6-26(22-27)35-17-19-37-20-18-35/h1-3,6-11,21-23,33H,4-5,12-20H2. The van der Waals surface area contributed by atoms with Crippen LogP contribution in [0.15, 0.2) is 72.9 Å². The van der Waals surface area contributed by atoms with Crippen LogP contribution in [0.3, 0.4) is 0 Å². The molecule has 6 nitrogen and oxygen atoms in total. The van der Waals surface area contributed by atoms with Crippen LogP contribution in [0.1, 0.15) is 12.0 Å². The van der Waals surface area contributed by atoms with Crippen LogP contribution in [0.25, 0.3) is 10.9 Å². The van der Waals surface area contributed by atoms with Gasteiger partial charge in [-0.15, -0.1) is 0 Å². The lowest BCUT2D eigenvalue weighted by molar-refractivity contribution is 0.122. The Bertz CT molecular complexity index is 1360. The summed E-state index contributed by atoms with van der Waals surface area (Å²) in [5.74, 6) is 1.79. The van der Waals surface area contributed by atoms with E-state index in [0.29, 0.717) is 0 Å². The molecule has 3 heterocycles. The van der Waals surface area contributed by atoms with Crippen LogP contribution in [-0.4, -0.2) is 68.9 Å². The fraction of sp³-hybridized carbons (Fsp3) is 0.355. The van der Waals surface area contributed by atoms with Gasteiger partial charge in [-0.2, -0.15) is 0 Å². The highest BCUT2D eigenvalue weighted by atomic mass is 35.5. The van der Waals surface area contributed by atoms with E-state index in [9.17, 15) is 0 Å². The number of morpholine rings is 1. The van der Waals surface area contributed by atoms with Crippen molar-refractivity contribution in [1.29, 1.82) is 0 Å². The van der Waals surface area contributed by atoms with Gasteiger partial charge in [0.15, 0.2) is 5.75 Å². The third kappa shape index (κ3) is 5.78. The van der Waals surface area contributed by atoms with Crippen molar-refractivity contribution in [2.75, 3.05) is 68.8 Å². The minimum Gasteiger partial charge on any atom is -0.455 e. The number of nitrogens with zero attached hydrogens (tertiary/aromatic N) is 3. The number of aromatic amines is 1. The molecule has 0 bridgehead atoms. The zero-order chi connectivity index (χ0) is 25.7. The van der Waals surface area contributed by atoms with Gasteiger partial charge in [0.05, 0.1) is 18.9 Å². The molecule has 2 aliphatic heterocycles. The first-order valence-electron chi connectivity index (χ1n) is 13.7. The number of aryl methyl sites for hydroxylation is 1. The molecule has 3 aromatic carbocycles. The van der Waals surface area contributed by atoms with Crippen LogP contribution >= 0.6 is 11.6 Å². The molecular weight excluding hydrogens is 496 g/mol. The summed E-state index contributed by atoms with van der Waals surface area (Å²) in [7, 11) is 0. The summed E-state index contributed by atoms with van der Waals surface area (Å²) in [6, 6.07) is 22.9. The summed E-state index contributed by atoms with van der Waals surface area (Å²) in [4.78, 5) is 10.8. The smallest absolute Gasteiger partial charge is 0.150 e. The molecule has 0 spiro atoms. The number of H-pyrrole nitrogens is 1. The Balaban J connectivity index is 1.04. The second-order valence-electron chi connectivity index (χ2n) is 10.1. The van der Waals surface area contributed by atoms with Crippen molar-refractivity contribution >= 4 is 33.9 Å². The summed E-state index contributed by atoms with van der Waals surface area (Å²) >= 11 is 6.22. The third-order valence-corrected chi connectivity index (χ3v) is 7.88. The lowest BCUT2D eigenvalue weighted by Crippen LogP contribution is -2.46. The zero-order valence-corrected chi connectivity index (χ0v) is 22.5. The number of aromatic nitrogens is 1. The first-order chi connectivity index (χ1) is 18.7. The van der Waals surface area contributed by atoms with Gasteiger partial charge in [-0.05, 0) is 67.4 Å². The molecule has 198 valence electrons. The fourth-order valence-electron chi connectivity index (χ4n) is 5.56. The predicted octanol–water partition coefficient (Wildman–Crippen LogP) is 6.21. The summed E-state index contributed by atoms with van der Waals surface area (Å²) in [5, 5.41) is 2.04. The maximum atomic E-state index is 6.45. The van der Waals surface area contributed by atoms with Crippen molar-refractivity contribution in [3.05, 3.63) is 83.5 Å². The largest absolute Gasteiger partial charge is 0.455 e. The first kappa shape index (κ1) is 25.1. The van der Waals surface area contributed by atoms with Crippen molar-refractivity contribution in [3.8, 4) is 11.5 Å². The van der Waals surface area contributed by atoms with Gasteiger partial charge in [0.2, 0.25) is 0 Å². The minimum absolute atomic E-state index is 0.776. The van der Waals surface area contributed by atoms with Crippen LogP contribution in [0.5, 0.6) is 11.5 Å². The molecule has 6 rings (SSSR count).